The second kappa shape index (κ2) is 7.79. The second-order valence-electron chi connectivity index (χ2n) is 4.88. The fraction of sp³-hybridized carbons (Fsp3) is 0.333. The van der Waals surface area contributed by atoms with Crippen molar-refractivity contribution in [3.63, 3.8) is 0 Å². The third-order valence-electron chi connectivity index (χ3n) is 3.39. The molecular weight excluding hydrogens is 414 g/mol. The topological polar surface area (TPSA) is 99.5 Å². The molecular formula is C15H16BrN3O5S. The number of hydrogen-bond donors (Lipinski definition) is 1. The predicted molar refractivity (Wildman–Crippen MR) is 95.3 cm³/mol. The van der Waals surface area contributed by atoms with Crippen LogP contribution < -0.4 is 5.32 Å². The number of methoxy groups -OCH3 is 2. The Balaban J connectivity index is 2.43. The summed E-state index contributed by atoms with van der Waals surface area (Å²) in [7, 11) is 2.47. The van der Waals surface area contributed by atoms with Gasteiger partial charge in [-0.1, -0.05) is 0 Å². The lowest BCUT2D eigenvalue weighted by Crippen LogP contribution is -2.15. The number of halogens is 1. The van der Waals surface area contributed by atoms with E-state index < -0.39 is 17.8 Å². The van der Waals surface area contributed by atoms with E-state index in [1.54, 1.807) is 17.8 Å². The van der Waals surface area contributed by atoms with E-state index in [-0.39, 0.29) is 21.1 Å². The molecule has 0 fully saturated rings. The molecule has 10 heteroatoms. The minimum atomic E-state index is -0.655. The predicted octanol–water partition coefficient (Wildman–Crippen LogP) is 2.86. The molecule has 2 aromatic heterocycles. The third-order valence-corrected chi connectivity index (χ3v) is 5.16. The Morgan fingerprint density at radius 1 is 1.28 bits per heavy atom. The molecule has 0 saturated heterocycles. The van der Waals surface area contributed by atoms with Crippen LogP contribution >= 0.6 is 27.3 Å². The van der Waals surface area contributed by atoms with Gasteiger partial charge in [-0.3, -0.25) is 9.48 Å². The van der Waals surface area contributed by atoms with Crippen molar-refractivity contribution in [1.29, 1.82) is 0 Å². The van der Waals surface area contributed by atoms with E-state index in [2.05, 4.69) is 26.3 Å². The number of nitrogens with one attached hydrogen (secondary N) is 1. The first-order chi connectivity index (χ1) is 11.8. The third kappa shape index (κ3) is 3.74. The van der Waals surface area contributed by atoms with Crippen molar-refractivity contribution in [1.82, 2.24) is 9.78 Å². The van der Waals surface area contributed by atoms with Crippen LogP contribution in [0.25, 0.3) is 0 Å². The van der Waals surface area contributed by atoms with Gasteiger partial charge in [0, 0.05) is 12.7 Å². The van der Waals surface area contributed by atoms with E-state index in [0.29, 0.717) is 16.6 Å². The maximum Gasteiger partial charge on any atom is 0.348 e. The quantitative estimate of drug-likeness (QED) is 0.733. The first kappa shape index (κ1) is 19.1. The number of ether oxygens (including phenoxy) is 2. The molecule has 0 atom stereocenters. The minimum Gasteiger partial charge on any atom is -0.465 e. The van der Waals surface area contributed by atoms with Gasteiger partial charge in [0.2, 0.25) is 0 Å². The minimum absolute atomic E-state index is 0.118. The number of aromatic nitrogens is 2. The second-order valence-corrected chi connectivity index (χ2v) is 6.75. The number of nitrogens with zero attached hydrogens (tertiary/aromatic N) is 2. The number of carbonyl (C=O) groups excluding carboxylic acids is 3. The molecule has 0 radical (unpaired) electrons. The average molecular weight is 430 g/mol. The van der Waals surface area contributed by atoms with Crippen LogP contribution in [-0.2, 0) is 16.0 Å². The van der Waals surface area contributed by atoms with E-state index in [1.165, 1.54) is 14.2 Å². The van der Waals surface area contributed by atoms with Crippen LogP contribution in [0.1, 0.15) is 43.0 Å². The largest absolute Gasteiger partial charge is 0.465 e. The summed E-state index contributed by atoms with van der Waals surface area (Å²) in [5.41, 5.74) is 0.674. The van der Waals surface area contributed by atoms with Gasteiger partial charge in [0.15, 0.2) is 5.69 Å². The molecule has 8 nitrogen and oxygen atoms in total. The Morgan fingerprint density at radius 2 is 1.92 bits per heavy atom. The average Bonchev–Trinajstić information content (AvgIpc) is 3.13. The smallest absolute Gasteiger partial charge is 0.348 e. The summed E-state index contributed by atoms with van der Waals surface area (Å²) >= 11 is 4.23. The lowest BCUT2D eigenvalue weighted by Gasteiger charge is -2.05. The molecule has 0 aliphatic heterocycles. The molecule has 2 aromatic rings. The van der Waals surface area contributed by atoms with Crippen molar-refractivity contribution < 1.29 is 23.9 Å². The van der Waals surface area contributed by atoms with Crippen molar-refractivity contribution in [3.05, 3.63) is 32.4 Å². The summed E-state index contributed by atoms with van der Waals surface area (Å²) < 4.78 is 11.6. The first-order valence-electron chi connectivity index (χ1n) is 7.18. The van der Waals surface area contributed by atoms with Crippen molar-refractivity contribution in [2.24, 2.45) is 0 Å². The van der Waals surface area contributed by atoms with Gasteiger partial charge >= 0.3 is 11.9 Å². The number of rotatable bonds is 5. The molecule has 0 unspecified atom stereocenters. The Bertz CT molecular complexity index is 843. The van der Waals surface area contributed by atoms with Crippen molar-refractivity contribution in [3.8, 4) is 0 Å². The maximum atomic E-state index is 12.5. The van der Waals surface area contributed by atoms with Crippen molar-refractivity contribution in [2.45, 2.75) is 20.4 Å². The number of thiophene rings is 1. The molecule has 0 aromatic carbocycles. The molecule has 0 aliphatic rings. The zero-order valence-electron chi connectivity index (χ0n) is 14.0. The number of anilines is 1. The van der Waals surface area contributed by atoms with Gasteiger partial charge < -0.3 is 14.8 Å². The summed E-state index contributed by atoms with van der Waals surface area (Å²) in [6.45, 7) is 4.08. The highest BCUT2D eigenvalue weighted by Crippen LogP contribution is 2.34. The van der Waals surface area contributed by atoms with Gasteiger partial charge in [-0.05, 0) is 35.3 Å². The van der Waals surface area contributed by atoms with E-state index >= 15 is 0 Å². The van der Waals surface area contributed by atoms with Crippen LogP contribution in [0, 0.1) is 6.92 Å². The number of hydrogen-bond acceptors (Lipinski definition) is 7. The molecule has 1 N–H and O–H groups in total. The number of esters is 2. The first-order valence-corrected chi connectivity index (χ1v) is 8.79. The number of aryl methyl sites for hydroxylation is 1. The molecule has 25 heavy (non-hydrogen) atoms. The fourth-order valence-corrected chi connectivity index (χ4v) is 3.72. The van der Waals surface area contributed by atoms with Crippen molar-refractivity contribution >= 4 is 50.1 Å². The van der Waals surface area contributed by atoms with E-state index in [1.807, 2.05) is 6.92 Å². The zero-order chi connectivity index (χ0) is 18.7. The lowest BCUT2D eigenvalue weighted by molar-refractivity contribution is 0.0601. The molecule has 1 amide bonds. The number of carbonyl (C=O) groups is 3. The van der Waals surface area contributed by atoms with Crippen LogP contribution in [0.3, 0.4) is 0 Å². The molecule has 2 heterocycles. The highest BCUT2D eigenvalue weighted by molar-refractivity contribution is 9.10. The van der Waals surface area contributed by atoms with Gasteiger partial charge in [-0.25, -0.2) is 9.59 Å². The van der Waals surface area contributed by atoms with Crippen LogP contribution in [0.2, 0.25) is 0 Å². The standard InChI is InChI=1S/C15H16BrN3O5S/c1-5-19-6-8(16)10(18-19)12(20)17-13-9(14(21)23-3)7(2)11(25-13)15(22)24-4/h6H,5H2,1-4H3,(H,17,20). The van der Waals surface area contributed by atoms with Crippen LogP contribution in [0.4, 0.5) is 5.00 Å². The van der Waals surface area contributed by atoms with Crippen molar-refractivity contribution in [2.75, 3.05) is 19.5 Å². The molecule has 134 valence electrons. The Labute approximate surface area is 156 Å². The van der Waals surface area contributed by atoms with E-state index in [9.17, 15) is 14.4 Å². The van der Waals surface area contributed by atoms with Gasteiger partial charge in [0.1, 0.15) is 9.88 Å². The fourth-order valence-electron chi connectivity index (χ4n) is 2.11. The lowest BCUT2D eigenvalue weighted by atomic mass is 10.1. The summed E-state index contributed by atoms with van der Waals surface area (Å²) in [6, 6.07) is 0. The Morgan fingerprint density at radius 3 is 2.44 bits per heavy atom. The molecule has 2 rings (SSSR count). The SMILES string of the molecule is CCn1cc(Br)c(C(=O)Nc2sc(C(=O)OC)c(C)c2C(=O)OC)n1. The van der Waals surface area contributed by atoms with Crippen LogP contribution in [-0.4, -0.2) is 41.8 Å². The molecule has 0 saturated carbocycles. The van der Waals surface area contributed by atoms with Crippen LogP contribution in [0.5, 0.6) is 0 Å². The highest BCUT2D eigenvalue weighted by atomic mass is 79.9. The normalized spacial score (nSPS) is 10.4. The maximum absolute atomic E-state index is 12.5. The van der Waals surface area contributed by atoms with E-state index in [4.69, 9.17) is 9.47 Å². The molecule has 0 bridgehead atoms. The van der Waals surface area contributed by atoms with Gasteiger partial charge in [-0.15, -0.1) is 11.3 Å². The summed E-state index contributed by atoms with van der Waals surface area (Å²) in [6.07, 6.45) is 1.68. The zero-order valence-corrected chi connectivity index (χ0v) is 16.4. The summed E-state index contributed by atoms with van der Waals surface area (Å²) in [4.78, 5) is 36.7. The highest BCUT2D eigenvalue weighted by Gasteiger charge is 2.27. The number of amides is 1. The molecule has 0 spiro atoms. The summed E-state index contributed by atoms with van der Waals surface area (Å²) in [5, 5.41) is 6.98. The monoisotopic (exact) mass is 429 g/mol. The van der Waals surface area contributed by atoms with Crippen LogP contribution in [0.15, 0.2) is 10.7 Å². The molecule has 0 aliphatic carbocycles. The van der Waals surface area contributed by atoms with E-state index in [0.717, 1.165) is 11.3 Å². The Hall–Kier alpha value is -2.20. The summed E-state index contributed by atoms with van der Waals surface area (Å²) in [5.74, 6) is -1.76. The van der Waals surface area contributed by atoms with Gasteiger partial charge in [-0.2, -0.15) is 5.10 Å². The Kier molecular flexibility index (Phi) is 5.96. The van der Waals surface area contributed by atoms with Gasteiger partial charge in [0.25, 0.3) is 5.91 Å². The van der Waals surface area contributed by atoms with Gasteiger partial charge in [0.05, 0.1) is 24.3 Å².